The maximum absolute atomic E-state index is 13.8. The summed E-state index contributed by atoms with van der Waals surface area (Å²) in [5, 5.41) is 2.87. The predicted octanol–water partition coefficient (Wildman–Crippen LogP) is 2.36. The van der Waals surface area contributed by atoms with Gasteiger partial charge in [-0.15, -0.1) is 4.91 Å². The minimum absolute atomic E-state index is 0.182. The molecule has 0 saturated carbocycles. The van der Waals surface area contributed by atoms with Gasteiger partial charge in [-0.3, -0.25) is 4.90 Å². The van der Waals surface area contributed by atoms with Gasteiger partial charge in [-0.2, -0.15) is 0 Å². The molecule has 1 saturated heterocycles. The molecule has 0 unspecified atom stereocenters. The van der Waals surface area contributed by atoms with Gasteiger partial charge in [0.2, 0.25) is 0 Å². The lowest BCUT2D eigenvalue weighted by Crippen LogP contribution is -2.48. The van der Waals surface area contributed by atoms with Gasteiger partial charge in [0.05, 0.1) is 18.8 Å². The number of nitrogens with one attached hydrogen (secondary N) is 1. The number of H-pyrrole nitrogens is 1. The molecule has 0 atom stereocenters. The van der Waals surface area contributed by atoms with Crippen LogP contribution in [0, 0.1) is 10.7 Å². The van der Waals surface area contributed by atoms with Crippen LogP contribution in [-0.2, 0) is 0 Å². The monoisotopic (exact) mass is 287 g/mol. The fourth-order valence-corrected chi connectivity index (χ4v) is 2.56. The third-order valence-electron chi connectivity index (χ3n) is 3.70. The summed E-state index contributed by atoms with van der Waals surface area (Å²) >= 11 is 0. The van der Waals surface area contributed by atoms with Gasteiger partial charge in [0.1, 0.15) is 30.8 Å². The van der Waals surface area contributed by atoms with Crippen LogP contribution in [0.4, 0.5) is 21.6 Å². The van der Waals surface area contributed by atoms with Gasteiger partial charge in [0.25, 0.3) is 5.82 Å². The van der Waals surface area contributed by atoms with Gasteiger partial charge in [-0.25, -0.2) is 9.37 Å². The van der Waals surface area contributed by atoms with Crippen molar-refractivity contribution < 1.29 is 9.37 Å². The number of para-hydroxylation sites is 1. The first-order valence-electron chi connectivity index (χ1n) is 6.87. The third-order valence-corrected chi connectivity index (χ3v) is 3.70. The topological polar surface area (TPSA) is 50.1 Å². The number of hydrogen-bond acceptors (Lipinski definition) is 4. The molecule has 1 N–H and O–H groups in total. The van der Waals surface area contributed by atoms with Gasteiger partial charge in [-0.1, -0.05) is 12.1 Å². The second-order valence-electron chi connectivity index (χ2n) is 4.95. The van der Waals surface area contributed by atoms with Crippen LogP contribution in [0.3, 0.4) is 0 Å². The van der Waals surface area contributed by atoms with Gasteiger partial charge < -0.3 is 4.90 Å². The van der Waals surface area contributed by atoms with Crippen LogP contribution >= 0.6 is 0 Å². The Bertz CT molecular complexity index is 624. The fourth-order valence-electron chi connectivity index (χ4n) is 2.56. The highest BCUT2D eigenvalue weighted by molar-refractivity contribution is 5.50. The lowest BCUT2D eigenvalue weighted by molar-refractivity contribution is -0.363. The van der Waals surface area contributed by atoms with Crippen molar-refractivity contribution in [2.45, 2.75) is 0 Å². The quantitative estimate of drug-likeness (QED) is 0.814. The van der Waals surface area contributed by atoms with Crippen molar-refractivity contribution in [3.8, 4) is 0 Å². The fraction of sp³-hybridized carbons (Fsp3) is 0.267. The van der Waals surface area contributed by atoms with E-state index in [0.29, 0.717) is 11.4 Å². The van der Waals surface area contributed by atoms with Gasteiger partial charge in [0.15, 0.2) is 0 Å². The molecule has 1 fully saturated rings. The van der Waals surface area contributed by atoms with Crippen LogP contribution in [0.15, 0.2) is 47.8 Å². The van der Waals surface area contributed by atoms with Gasteiger partial charge in [-0.05, 0) is 23.4 Å². The molecule has 5 nitrogen and oxygen atoms in total. The number of benzene rings is 1. The lowest BCUT2D eigenvalue weighted by atomic mass is 10.2. The molecule has 1 aromatic carbocycles. The van der Waals surface area contributed by atoms with E-state index in [0.717, 1.165) is 32.0 Å². The number of nitroso groups, excluding NO2 is 1. The summed E-state index contributed by atoms with van der Waals surface area (Å²) in [5.74, 6) is 0.759. The van der Waals surface area contributed by atoms with Gasteiger partial charge >= 0.3 is 0 Å². The van der Waals surface area contributed by atoms with Crippen molar-refractivity contribution in [1.82, 2.24) is 0 Å². The number of aromatic nitrogens is 1. The molecule has 0 radical (unpaired) electrons. The lowest BCUT2D eigenvalue weighted by Gasteiger charge is -2.32. The Kier molecular flexibility index (Phi) is 3.77. The molecule has 0 amide bonds. The molecular weight excluding hydrogens is 271 g/mol. The van der Waals surface area contributed by atoms with E-state index in [1.54, 1.807) is 18.3 Å². The van der Waals surface area contributed by atoms with E-state index in [2.05, 4.69) is 15.1 Å². The molecule has 6 heteroatoms. The average molecular weight is 287 g/mol. The Labute approximate surface area is 122 Å². The zero-order valence-electron chi connectivity index (χ0n) is 11.5. The molecule has 2 aromatic rings. The molecule has 2 heterocycles. The second-order valence-corrected chi connectivity index (χ2v) is 4.95. The highest BCUT2D eigenvalue weighted by Gasteiger charge is 2.24. The zero-order chi connectivity index (χ0) is 14.7. The molecule has 0 bridgehead atoms. The number of anilines is 2. The number of piperazine rings is 1. The third kappa shape index (κ3) is 2.84. The van der Waals surface area contributed by atoms with E-state index in [1.165, 1.54) is 6.07 Å². The maximum Gasteiger partial charge on any atom is 0.274 e. The smallest absolute Gasteiger partial charge is 0.274 e. The van der Waals surface area contributed by atoms with Crippen LogP contribution in [0.2, 0.25) is 0 Å². The molecule has 0 aliphatic carbocycles. The first-order valence-corrected chi connectivity index (χ1v) is 6.87. The summed E-state index contributed by atoms with van der Waals surface area (Å²) < 4.78 is 13.8. The van der Waals surface area contributed by atoms with E-state index >= 15 is 0 Å². The number of hydrogen-bond donors (Lipinski definition) is 0. The molecule has 1 aliphatic heterocycles. The molecule has 21 heavy (non-hydrogen) atoms. The zero-order valence-corrected chi connectivity index (χ0v) is 11.5. The summed E-state index contributed by atoms with van der Waals surface area (Å²) in [7, 11) is 0. The van der Waals surface area contributed by atoms with Crippen LogP contribution in [0.5, 0.6) is 0 Å². The van der Waals surface area contributed by atoms with Crippen molar-refractivity contribution in [3.05, 3.63) is 53.3 Å². The van der Waals surface area contributed by atoms with E-state index in [1.807, 2.05) is 23.1 Å². The van der Waals surface area contributed by atoms with Crippen molar-refractivity contribution in [2.75, 3.05) is 36.0 Å². The Balaban J connectivity index is 1.67. The standard InChI is InChI=1S/C15H15FN4O/c16-13-3-1-2-4-14(13)19-7-9-20(10-8-19)15-6-5-12(18-21)11-17-15/h1-6,11H,7-10H2/p+1. The van der Waals surface area contributed by atoms with E-state index in [-0.39, 0.29) is 5.82 Å². The molecule has 108 valence electrons. The molecule has 3 rings (SSSR count). The Hall–Kier alpha value is -2.50. The van der Waals surface area contributed by atoms with Gasteiger partial charge in [0, 0.05) is 6.07 Å². The van der Waals surface area contributed by atoms with Crippen molar-refractivity contribution >= 4 is 17.2 Å². The van der Waals surface area contributed by atoms with Crippen molar-refractivity contribution in [3.63, 3.8) is 0 Å². The van der Waals surface area contributed by atoms with E-state index in [4.69, 9.17) is 0 Å². The highest BCUT2D eigenvalue weighted by atomic mass is 19.1. The van der Waals surface area contributed by atoms with Crippen LogP contribution < -0.4 is 14.8 Å². The highest BCUT2D eigenvalue weighted by Crippen LogP contribution is 2.21. The minimum atomic E-state index is -0.182. The largest absolute Gasteiger partial charge is 0.361 e. The molecule has 0 spiro atoms. The summed E-state index contributed by atoms with van der Waals surface area (Å²) in [5.41, 5.74) is 1.03. The Morgan fingerprint density at radius 2 is 1.71 bits per heavy atom. The SMILES string of the molecule is O=Nc1ccc(N2CCN(c3ccccc3F)CC2)[nH+]c1. The normalized spacial score (nSPS) is 15.1. The molecule has 1 aliphatic rings. The van der Waals surface area contributed by atoms with E-state index in [9.17, 15) is 9.30 Å². The summed E-state index contributed by atoms with van der Waals surface area (Å²) in [6.07, 6.45) is 1.59. The van der Waals surface area contributed by atoms with Crippen LogP contribution in [0.25, 0.3) is 0 Å². The number of rotatable bonds is 3. The summed E-state index contributed by atoms with van der Waals surface area (Å²) in [6.45, 7) is 3.09. The van der Waals surface area contributed by atoms with Crippen molar-refractivity contribution in [2.24, 2.45) is 5.18 Å². The summed E-state index contributed by atoms with van der Waals surface area (Å²) in [6, 6.07) is 10.4. The van der Waals surface area contributed by atoms with E-state index < -0.39 is 0 Å². The first-order chi connectivity index (χ1) is 10.3. The van der Waals surface area contributed by atoms with Crippen LogP contribution in [-0.4, -0.2) is 26.2 Å². The van der Waals surface area contributed by atoms with Crippen LogP contribution in [0.1, 0.15) is 0 Å². The second kappa shape index (κ2) is 5.87. The number of halogens is 1. The number of nitrogens with zero attached hydrogens (tertiary/aromatic N) is 3. The first kappa shape index (κ1) is 13.5. The summed E-state index contributed by atoms with van der Waals surface area (Å²) in [4.78, 5) is 17.7. The minimum Gasteiger partial charge on any atom is -0.361 e. The average Bonchev–Trinajstić information content (AvgIpc) is 2.56. The molecular formula is C15H16FN4O+. The Morgan fingerprint density at radius 1 is 1.00 bits per heavy atom. The number of pyridine rings is 1. The van der Waals surface area contributed by atoms with Crippen molar-refractivity contribution in [1.29, 1.82) is 0 Å². The number of aromatic amines is 1. The Morgan fingerprint density at radius 3 is 2.33 bits per heavy atom. The molecule has 1 aromatic heterocycles. The maximum atomic E-state index is 13.8. The predicted molar refractivity (Wildman–Crippen MR) is 79.3 cm³/mol.